The summed E-state index contributed by atoms with van der Waals surface area (Å²) in [5.41, 5.74) is 3.80. The predicted octanol–water partition coefficient (Wildman–Crippen LogP) is 2.38. The van der Waals surface area contributed by atoms with Crippen LogP contribution in [0.1, 0.15) is 34.3 Å². The molecular weight excluding hydrogens is 378 g/mol. The van der Waals surface area contributed by atoms with Crippen molar-refractivity contribution in [3.63, 3.8) is 0 Å². The number of nitrogens with one attached hydrogen (secondary N) is 2. The zero-order valence-corrected chi connectivity index (χ0v) is 17.8. The minimum absolute atomic E-state index is 0.00731. The molecule has 2 N–H and O–H groups in total. The van der Waals surface area contributed by atoms with Crippen LogP contribution in [-0.4, -0.2) is 50.4 Å². The van der Waals surface area contributed by atoms with Crippen LogP contribution in [0.25, 0.3) is 0 Å². The standard InChI is InChI=1S/C23H29N5O2/c1-24-23(25-15-17-6-10-19(11-7-17)22(30)27(2)3)26-16-18-8-12-20(13-9-18)28-14-4-5-21(28)29/h6-13H,4-5,14-16H2,1-3H3,(H2,24,25,26). The number of anilines is 1. The van der Waals surface area contributed by atoms with Gasteiger partial charge in [-0.05, 0) is 41.8 Å². The molecule has 1 heterocycles. The highest BCUT2D eigenvalue weighted by atomic mass is 16.2. The summed E-state index contributed by atoms with van der Waals surface area (Å²) in [5.74, 6) is 0.888. The average Bonchev–Trinajstić information content (AvgIpc) is 3.20. The van der Waals surface area contributed by atoms with Crippen LogP contribution in [0.2, 0.25) is 0 Å². The fourth-order valence-electron chi connectivity index (χ4n) is 3.33. The largest absolute Gasteiger partial charge is 0.352 e. The number of amides is 2. The van der Waals surface area contributed by atoms with E-state index >= 15 is 0 Å². The summed E-state index contributed by atoms with van der Waals surface area (Å²) in [4.78, 5) is 31.5. The van der Waals surface area contributed by atoms with Crippen molar-refractivity contribution in [3.8, 4) is 0 Å². The molecule has 2 aromatic rings. The highest BCUT2D eigenvalue weighted by Crippen LogP contribution is 2.21. The molecule has 0 aliphatic carbocycles. The number of carbonyl (C=O) groups excluding carboxylic acids is 2. The fraction of sp³-hybridized carbons (Fsp3) is 0.348. The van der Waals surface area contributed by atoms with E-state index in [4.69, 9.17) is 0 Å². The van der Waals surface area contributed by atoms with Gasteiger partial charge in [-0.15, -0.1) is 0 Å². The molecule has 3 rings (SSSR count). The van der Waals surface area contributed by atoms with Gasteiger partial charge in [0, 0.05) is 58.4 Å². The number of guanidine groups is 1. The Labute approximate surface area is 177 Å². The van der Waals surface area contributed by atoms with Crippen LogP contribution in [0.4, 0.5) is 5.69 Å². The molecule has 0 unspecified atom stereocenters. The normalized spacial score (nSPS) is 14.0. The lowest BCUT2D eigenvalue weighted by atomic mass is 10.1. The molecule has 1 aliphatic rings. The Morgan fingerprint density at radius 3 is 2.03 bits per heavy atom. The molecule has 1 aliphatic heterocycles. The van der Waals surface area contributed by atoms with E-state index in [1.165, 1.54) is 0 Å². The summed E-state index contributed by atoms with van der Waals surface area (Å²) in [7, 11) is 5.22. The van der Waals surface area contributed by atoms with Gasteiger partial charge in [-0.2, -0.15) is 0 Å². The van der Waals surface area contributed by atoms with E-state index in [2.05, 4.69) is 15.6 Å². The van der Waals surface area contributed by atoms with E-state index < -0.39 is 0 Å². The number of benzene rings is 2. The van der Waals surface area contributed by atoms with Crippen LogP contribution in [0.15, 0.2) is 53.5 Å². The molecule has 158 valence electrons. The Balaban J connectivity index is 1.49. The first-order valence-electron chi connectivity index (χ1n) is 10.1. The summed E-state index contributed by atoms with van der Waals surface area (Å²) < 4.78 is 0. The van der Waals surface area contributed by atoms with Crippen molar-refractivity contribution in [3.05, 3.63) is 65.2 Å². The minimum atomic E-state index is -0.00731. The van der Waals surface area contributed by atoms with Crippen LogP contribution in [-0.2, 0) is 17.9 Å². The molecule has 7 nitrogen and oxygen atoms in total. The van der Waals surface area contributed by atoms with Crippen molar-refractivity contribution >= 4 is 23.5 Å². The maximum absolute atomic E-state index is 12.0. The quantitative estimate of drug-likeness (QED) is 0.569. The Hall–Kier alpha value is -3.35. The molecule has 0 aromatic heterocycles. The second-order valence-corrected chi connectivity index (χ2v) is 7.49. The average molecular weight is 408 g/mol. The molecule has 2 aromatic carbocycles. The Kier molecular flexibility index (Phi) is 7.06. The van der Waals surface area contributed by atoms with E-state index in [0.29, 0.717) is 31.0 Å². The highest BCUT2D eigenvalue weighted by Gasteiger charge is 2.21. The van der Waals surface area contributed by atoms with Gasteiger partial charge in [-0.3, -0.25) is 14.6 Å². The molecule has 30 heavy (non-hydrogen) atoms. The minimum Gasteiger partial charge on any atom is -0.352 e. The number of hydrogen-bond donors (Lipinski definition) is 2. The highest BCUT2D eigenvalue weighted by molar-refractivity contribution is 5.95. The van der Waals surface area contributed by atoms with Gasteiger partial charge >= 0.3 is 0 Å². The lowest BCUT2D eigenvalue weighted by molar-refractivity contribution is -0.117. The molecule has 0 saturated carbocycles. The third-order valence-corrected chi connectivity index (χ3v) is 5.07. The second kappa shape index (κ2) is 9.91. The smallest absolute Gasteiger partial charge is 0.253 e. The molecule has 1 saturated heterocycles. The number of rotatable bonds is 6. The van der Waals surface area contributed by atoms with Gasteiger partial charge in [0.25, 0.3) is 5.91 Å². The summed E-state index contributed by atoms with van der Waals surface area (Å²) in [6.07, 6.45) is 1.57. The Bertz CT molecular complexity index is 904. The van der Waals surface area contributed by atoms with Crippen LogP contribution >= 0.6 is 0 Å². The molecule has 0 spiro atoms. The Morgan fingerprint density at radius 2 is 1.57 bits per heavy atom. The predicted molar refractivity (Wildman–Crippen MR) is 120 cm³/mol. The molecular formula is C23H29N5O2. The number of hydrogen-bond acceptors (Lipinski definition) is 3. The second-order valence-electron chi connectivity index (χ2n) is 7.49. The number of aliphatic imine (C=N–C) groups is 1. The first kappa shape index (κ1) is 21.4. The molecule has 0 bridgehead atoms. The summed E-state index contributed by atoms with van der Waals surface area (Å²) in [6.45, 7) is 2.04. The van der Waals surface area contributed by atoms with Gasteiger partial charge in [-0.1, -0.05) is 24.3 Å². The van der Waals surface area contributed by atoms with Crippen LogP contribution in [0, 0.1) is 0 Å². The number of nitrogens with zero attached hydrogens (tertiary/aromatic N) is 3. The summed E-state index contributed by atoms with van der Waals surface area (Å²) >= 11 is 0. The van der Waals surface area contributed by atoms with E-state index in [0.717, 1.165) is 29.8 Å². The number of carbonyl (C=O) groups is 2. The van der Waals surface area contributed by atoms with Crippen LogP contribution < -0.4 is 15.5 Å². The van der Waals surface area contributed by atoms with Gasteiger partial charge in [0.2, 0.25) is 5.91 Å². The van der Waals surface area contributed by atoms with Gasteiger partial charge in [0.1, 0.15) is 0 Å². The first-order chi connectivity index (χ1) is 14.5. The first-order valence-corrected chi connectivity index (χ1v) is 10.1. The molecule has 7 heteroatoms. The van der Waals surface area contributed by atoms with E-state index in [9.17, 15) is 9.59 Å². The zero-order chi connectivity index (χ0) is 21.5. The summed E-state index contributed by atoms with van der Waals surface area (Å²) in [5, 5.41) is 6.58. The maximum Gasteiger partial charge on any atom is 0.253 e. The molecule has 0 radical (unpaired) electrons. The van der Waals surface area contributed by atoms with Crippen LogP contribution in [0.5, 0.6) is 0 Å². The van der Waals surface area contributed by atoms with Crippen molar-refractivity contribution in [1.82, 2.24) is 15.5 Å². The lowest BCUT2D eigenvalue weighted by Crippen LogP contribution is -2.36. The van der Waals surface area contributed by atoms with Crippen molar-refractivity contribution < 1.29 is 9.59 Å². The van der Waals surface area contributed by atoms with Gasteiger partial charge in [0.15, 0.2) is 5.96 Å². The molecule has 2 amide bonds. The fourth-order valence-corrected chi connectivity index (χ4v) is 3.33. The third-order valence-electron chi connectivity index (χ3n) is 5.07. The zero-order valence-electron chi connectivity index (χ0n) is 17.8. The van der Waals surface area contributed by atoms with Crippen molar-refractivity contribution in [2.75, 3.05) is 32.6 Å². The molecule has 0 atom stereocenters. The van der Waals surface area contributed by atoms with E-state index in [1.807, 2.05) is 53.4 Å². The van der Waals surface area contributed by atoms with Gasteiger partial charge in [-0.25, -0.2) is 0 Å². The van der Waals surface area contributed by atoms with Gasteiger partial charge in [0.05, 0.1) is 0 Å². The topological polar surface area (TPSA) is 77.0 Å². The monoisotopic (exact) mass is 407 g/mol. The van der Waals surface area contributed by atoms with E-state index in [-0.39, 0.29) is 11.8 Å². The lowest BCUT2D eigenvalue weighted by Gasteiger charge is -2.16. The van der Waals surface area contributed by atoms with Crippen molar-refractivity contribution in [1.29, 1.82) is 0 Å². The SMILES string of the molecule is CN=C(NCc1ccc(C(=O)N(C)C)cc1)NCc1ccc(N2CCCC2=O)cc1. The van der Waals surface area contributed by atoms with Gasteiger partial charge < -0.3 is 20.4 Å². The van der Waals surface area contributed by atoms with Crippen molar-refractivity contribution in [2.24, 2.45) is 4.99 Å². The van der Waals surface area contributed by atoms with Crippen LogP contribution in [0.3, 0.4) is 0 Å². The Morgan fingerprint density at radius 1 is 1.00 bits per heavy atom. The maximum atomic E-state index is 12.0. The van der Waals surface area contributed by atoms with Crippen molar-refractivity contribution in [2.45, 2.75) is 25.9 Å². The third kappa shape index (κ3) is 5.37. The van der Waals surface area contributed by atoms with E-state index in [1.54, 1.807) is 26.0 Å². The summed E-state index contributed by atoms with van der Waals surface area (Å²) in [6, 6.07) is 15.6. The molecule has 1 fully saturated rings.